The summed E-state index contributed by atoms with van der Waals surface area (Å²) < 4.78 is 12.9. The van der Waals surface area contributed by atoms with Gasteiger partial charge in [-0.1, -0.05) is 59.6 Å². The minimum absolute atomic E-state index is 0.0464. The predicted octanol–water partition coefficient (Wildman–Crippen LogP) is 7.27. The summed E-state index contributed by atoms with van der Waals surface area (Å²) in [7, 11) is 0. The van der Waals surface area contributed by atoms with Crippen LogP contribution in [-0.2, 0) is 17.9 Å². The van der Waals surface area contributed by atoms with Crippen LogP contribution in [0.25, 0.3) is 17.0 Å². The van der Waals surface area contributed by atoms with E-state index in [1.807, 2.05) is 61.5 Å². The molecule has 3 aromatic carbocycles. The van der Waals surface area contributed by atoms with E-state index in [0.29, 0.717) is 38.6 Å². The highest BCUT2D eigenvalue weighted by molar-refractivity contribution is 8.18. The maximum absolute atomic E-state index is 13.4. The number of carbonyl (C=O) groups is 2. The molecule has 1 aromatic heterocycles. The van der Waals surface area contributed by atoms with Gasteiger partial charge in [-0.2, -0.15) is 0 Å². The lowest BCUT2D eigenvalue weighted by Crippen LogP contribution is -2.27. The highest BCUT2D eigenvalue weighted by Crippen LogP contribution is 2.40. The standard InChI is InChI=1S/C28H20Cl2N2O4S/c1-16-20(19-7-3-5-9-23(19)31(16)13-17-6-2-4-8-21(17)29)11-26-27(33)32(28(34)37-26)14-18-10-24-25(12-22(18)30)36-15-35-24/h2-12H,13-15H2,1H3/b26-11-. The maximum atomic E-state index is 13.4. The van der Waals surface area contributed by atoms with Gasteiger partial charge >= 0.3 is 0 Å². The molecule has 6 nitrogen and oxygen atoms in total. The van der Waals surface area contributed by atoms with Crippen molar-refractivity contribution in [2.75, 3.05) is 6.79 Å². The topological polar surface area (TPSA) is 60.8 Å². The van der Waals surface area contributed by atoms with Gasteiger partial charge in [-0.05, 0) is 54.1 Å². The average molecular weight is 551 g/mol. The van der Waals surface area contributed by atoms with Gasteiger partial charge in [0.1, 0.15) is 0 Å². The van der Waals surface area contributed by atoms with Crippen molar-refractivity contribution in [3.05, 3.63) is 98.0 Å². The number of carbonyl (C=O) groups excluding carboxylic acids is 2. The largest absolute Gasteiger partial charge is 0.454 e. The first-order chi connectivity index (χ1) is 17.9. The molecule has 0 saturated carbocycles. The number of hydrogen-bond donors (Lipinski definition) is 0. The number of benzene rings is 3. The van der Waals surface area contributed by atoms with Crippen molar-refractivity contribution in [1.82, 2.24) is 9.47 Å². The Morgan fingerprint density at radius 3 is 2.46 bits per heavy atom. The highest BCUT2D eigenvalue weighted by atomic mass is 35.5. The predicted molar refractivity (Wildman–Crippen MR) is 146 cm³/mol. The van der Waals surface area contributed by atoms with E-state index in [4.69, 9.17) is 32.7 Å². The second kappa shape index (κ2) is 9.49. The fraction of sp³-hybridized carbons (Fsp3) is 0.143. The van der Waals surface area contributed by atoms with Crippen LogP contribution in [0.2, 0.25) is 10.0 Å². The number of ether oxygens (including phenoxy) is 2. The van der Waals surface area contributed by atoms with Crippen molar-refractivity contribution >= 4 is 63.1 Å². The smallest absolute Gasteiger partial charge is 0.293 e. The summed E-state index contributed by atoms with van der Waals surface area (Å²) in [5, 5.41) is 1.76. The molecule has 1 fully saturated rings. The summed E-state index contributed by atoms with van der Waals surface area (Å²) in [4.78, 5) is 27.8. The molecule has 4 aromatic rings. The van der Waals surface area contributed by atoms with Crippen molar-refractivity contribution in [2.24, 2.45) is 0 Å². The molecular weight excluding hydrogens is 531 g/mol. The molecule has 0 atom stereocenters. The molecule has 3 heterocycles. The minimum Gasteiger partial charge on any atom is -0.454 e. The van der Waals surface area contributed by atoms with Crippen LogP contribution in [0.1, 0.15) is 22.4 Å². The molecule has 1 saturated heterocycles. The summed E-state index contributed by atoms with van der Waals surface area (Å²) in [5.74, 6) is 0.737. The lowest BCUT2D eigenvalue weighted by atomic mass is 10.1. The molecule has 0 unspecified atom stereocenters. The number of halogens is 2. The summed E-state index contributed by atoms with van der Waals surface area (Å²) in [6, 6.07) is 19.1. The molecule has 0 spiro atoms. The molecule has 37 heavy (non-hydrogen) atoms. The van der Waals surface area contributed by atoms with Crippen LogP contribution in [0.3, 0.4) is 0 Å². The molecule has 9 heteroatoms. The lowest BCUT2D eigenvalue weighted by Gasteiger charge is -2.14. The fourth-order valence-corrected chi connectivity index (χ4v) is 5.89. The Morgan fingerprint density at radius 2 is 1.65 bits per heavy atom. The monoisotopic (exact) mass is 550 g/mol. The molecule has 0 radical (unpaired) electrons. The van der Waals surface area contributed by atoms with Gasteiger partial charge in [0.05, 0.1) is 11.4 Å². The van der Waals surface area contributed by atoms with Crippen LogP contribution in [0.4, 0.5) is 4.79 Å². The van der Waals surface area contributed by atoms with E-state index < -0.39 is 0 Å². The number of rotatable bonds is 5. The van der Waals surface area contributed by atoms with Crippen molar-refractivity contribution in [3.8, 4) is 11.5 Å². The minimum atomic E-state index is -0.355. The molecule has 2 amide bonds. The van der Waals surface area contributed by atoms with Gasteiger partial charge in [-0.15, -0.1) is 0 Å². The van der Waals surface area contributed by atoms with Gasteiger partial charge in [0.15, 0.2) is 11.5 Å². The van der Waals surface area contributed by atoms with E-state index in [1.165, 1.54) is 4.90 Å². The zero-order valence-electron chi connectivity index (χ0n) is 19.7. The third-order valence-corrected chi connectivity index (χ3v) is 8.21. The number of amides is 2. The number of aromatic nitrogens is 1. The number of hydrogen-bond acceptors (Lipinski definition) is 5. The number of para-hydroxylation sites is 1. The number of fused-ring (bicyclic) bond motifs is 2. The van der Waals surface area contributed by atoms with Gasteiger partial charge in [0.2, 0.25) is 6.79 Å². The zero-order valence-corrected chi connectivity index (χ0v) is 22.0. The number of thioether (sulfide) groups is 1. The van der Waals surface area contributed by atoms with Gasteiger partial charge < -0.3 is 14.0 Å². The van der Waals surface area contributed by atoms with Crippen LogP contribution in [0.15, 0.2) is 65.6 Å². The fourth-order valence-electron chi connectivity index (χ4n) is 4.66. The second-order valence-electron chi connectivity index (χ2n) is 8.76. The molecule has 0 N–H and O–H groups in total. The van der Waals surface area contributed by atoms with Gasteiger partial charge in [0, 0.05) is 44.8 Å². The quantitative estimate of drug-likeness (QED) is 0.244. The van der Waals surface area contributed by atoms with Gasteiger partial charge in [-0.3, -0.25) is 14.5 Å². The zero-order chi connectivity index (χ0) is 25.7. The Hall–Kier alpha value is -3.39. The Bertz CT molecular complexity index is 1630. The Balaban J connectivity index is 1.34. The third-order valence-electron chi connectivity index (χ3n) is 6.59. The summed E-state index contributed by atoms with van der Waals surface area (Å²) in [5.41, 5.74) is 4.51. The third kappa shape index (κ3) is 4.27. The molecule has 2 aliphatic heterocycles. The Kier molecular flexibility index (Phi) is 6.15. The van der Waals surface area contributed by atoms with Crippen LogP contribution in [-0.4, -0.2) is 27.4 Å². The Morgan fingerprint density at radius 1 is 0.919 bits per heavy atom. The van der Waals surface area contributed by atoms with E-state index in [9.17, 15) is 9.59 Å². The molecule has 0 bridgehead atoms. The van der Waals surface area contributed by atoms with Crippen LogP contribution < -0.4 is 9.47 Å². The van der Waals surface area contributed by atoms with E-state index >= 15 is 0 Å². The number of nitrogens with zero attached hydrogens (tertiary/aromatic N) is 2. The normalized spacial score (nSPS) is 16.0. The first kappa shape index (κ1) is 24.0. The van der Waals surface area contributed by atoms with Crippen molar-refractivity contribution in [1.29, 1.82) is 0 Å². The molecule has 6 rings (SSSR count). The van der Waals surface area contributed by atoms with E-state index in [-0.39, 0.29) is 24.5 Å². The van der Waals surface area contributed by atoms with Crippen LogP contribution in [0.5, 0.6) is 11.5 Å². The first-order valence-corrected chi connectivity index (χ1v) is 13.1. The van der Waals surface area contributed by atoms with Crippen molar-refractivity contribution in [2.45, 2.75) is 20.0 Å². The van der Waals surface area contributed by atoms with E-state index in [1.54, 1.807) is 12.1 Å². The second-order valence-corrected chi connectivity index (χ2v) is 10.6. The highest BCUT2D eigenvalue weighted by Gasteiger charge is 2.36. The molecule has 0 aliphatic carbocycles. The number of imide groups is 1. The summed E-state index contributed by atoms with van der Waals surface area (Å²) in [6.07, 6.45) is 1.81. The van der Waals surface area contributed by atoms with Gasteiger partial charge in [0.25, 0.3) is 11.1 Å². The molecule has 2 aliphatic rings. The van der Waals surface area contributed by atoms with Crippen LogP contribution in [0, 0.1) is 6.92 Å². The maximum Gasteiger partial charge on any atom is 0.293 e. The van der Waals surface area contributed by atoms with Crippen molar-refractivity contribution in [3.63, 3.8) is 0 Å². The van der Waals surface area contributed by atoms with Crippen molar-refractivity contribution < 1.29 is 19.1 Å². The first-order valence-electron chi connectivity index (χ1n) is 11.6. The van der Waals surface area contributed by atoms with Crippen LogP contribution >= 0.6 is 35.0 Å². The lowest BCUT2D eigenvalue weighted by molar-refractivity contribution is -0.123. The molecular formula is C28H20Cl2N2O4S. The SMILES string of the molecule is Cc1c(/C=C2\SC(=O)N(Cc3cc4c(cc3Cl)OCO4)C2=O)c2ccccc2n1Cc1ccccc1Cl. The van der Waals surface area contributed by atoms with Gasteiger partial charge in [-0.25, -0.2) is 0 Å². The Labute approximate surface area is 227 Å². The summed E-state index contributed by atoms with van der Waals surface area (Å²) in [6.45, 7) is 2.76. The summed E-state index contributed by atoms with van der Waals surface area (Å²) >= 11 is 13.8. The average Bonchev–Trinajstić information content (AvgIpc) is 3.53. The van der Waals surface area contributed by atoms with E-state index in [0.717, 1.165) is 39.5 Å². The molecule has 186 valence electrons. The van der Waals surface area contributed by atoms with E-state index in [2.05, 4.69) is 4.57 Å².